The quantitative estimate of drug-likeness (QED) is 0.751. The number of hydrogen-bond acceptors (Lipinski definition) is 3. The molecule has 0 aliphatic carbocycles. The molecule has 2 rings (SSSR count). The fourth-order valence-corrected chi connectivity index (χ4v) is 2.07. The summed E-state index contributed by atoms with van der Waals surface area (Å²) in [6, 6.07) is 1.69. The van der Waals surface area contributed by atoms with Crippen molar-refractivity contribution in [2.24, 2.45) is 0 Å². The van der Waals surface area contributed by atoms with Crippen molar-refractivity contribution >= 4 is 27.5 Å². The fraction of sp³-hybridized carbons (Fsp3) is 0.375. The van der Waals surface area contributed by atoms with Crippen molar-refractivity contribution in [2.45, 2.75) is 5.60 Å². The Kier molecular flexibility index (Phi) is 2.32. The van der Waals surface area contributed by atoms with Crippen molar-refractivity contribution in [3.63, 3.8) is 0 Å². The van der Waals surface area contributed by atoms with Gasteiger partial charge in [-0.05, 0) is 22.0 Å². The van der Waals surface area contributed by atoms with Crippen LogP contribution in [0.1, 0.15) is 5.56 Å². The van der Waals surface area contributed by atoms with Crippen LogP contribution in [0.5, 0.6) is 0 Å². The Bertz CT molecular complexity index is 341. The van der Waals surface area contributed by atoms with E-state index in [4.69, 9.17) is 11.6 Å². The highest BCUT2D eigenvalue weighted by Crippen LogP contribution is 2.32. The maximum atomic E-state index is 10.0. The number of pyridine rings is 1. The second-order valence-corrected chi connectivity index (χ2v) is 4.36. The summed E-state index contributed by atoms with van der Waals surface area (Å²) in [5, 5.41) is 13.4. The van der Waals surface area contributed by atoms with Gasteiger partial charge >= 0.3 is 0 Å². The van der Waals surface area contributed by atoms with Crippen LogP contribution < -0.4 is 5.32 Å². The summed E-state index contributed by atoms with van der Waals surface area (Å²) in [5.41, 5.74) is 0.0112. The molecule has 1 aromatic heterocycles. The lowest BCUT2D eigenvalue weighted by molar-refractivity contribution is -0.0153. The first-order valence-electron chi connectivity index (χ1n) is 3.86. The van der Waals surface area contributed by atoms with Crippen LogP contribution in [0.15, 0.2) is 16.7 Å². The van der Waals surface area contributed by atoms with Gasteiger partial charge in [-0.1, -0.05) is 11.6 Å². The normalized spacial score (nSPS) is 19.6. The van der Waals surface area contributed by atoms with Crippen molar-refractivity contribution in [3.8, 4) is 0 Å². The molecule has 0 radical (unpaired) electrons. The second kappa shape index (κ2) is 3.20. The van der Waals surface area contributed by atoms with E-state index in [0.717, 1.165) is 10.0 Å². The number of aliphatic hydroxyl groups is 1. The zero-order chi connectivity index (χ0) is 9.47. The molecule has 1 aliphatic heterocycles. The smallest absolute Gasteiger partial charge is 0.129 e. The molecule has 0 aromatic carbocycles. The van der Waals surface area contributed by atoms with Gasteiger partial charge in [-0.3, -0.25) is 0 Å². The number of halogens is 2. The molecule has 0 unspecified atom stereocenters. The van der Waals surface area contributed by atoms with Crippen molar-refractivity contribution in [2.75, 3.05) is 13.1 Å². The first-order chi connectivity index (χ1) is 6.12. The van der Waals surface area contributed by atoms with E-state index in [2.05, 4.69) is 26.2 Å². The molecule has 3 nitrogen and oxygen atoms in total. The Balaban J connectivity index is 2.43. The lowest BCUT2D eigenvalue weighted by Gasteiger charge is -2.38. The molecule has 0 atom stereocenters. The Morgan fingerprint density at radius 1 is 1.62 bits per heavy atom. The van der Waals surface area contributed by atoms with Crippen LogP contribution >= 0.6 is 27.5 Å². The number of nitrogens with zero attached hydrogens (tertiary/aromatic N) is 1. The van der Waals surface area contributed by atoms with Crippen molar-refractivity contribution in [1.29, 1.82) is 0 Å². The van der Waals surface area contributed by atoms with Gasteiger partial charge < -0.3 is 10.4 Å². The number of hydrogen-bond donors (Lipinski definition) is 2. The Morgan fingerprint density at radius 3 is 2.85 bits per heavy atom. The van der Waals surface area contributed by atoms with E-state index in [-0.39, 0.29) is 0 Å². The molecule has 2 heterocycles. The zero-order valence-electron chi connectivity index (χ0n) is 6.72. The monoisotopic (exact) mass is 262 g/mol. The van der Waals surface area contributed by atoms with Gasteiger partial charge in [0.1, 0.15) is 10.8 Å². The summed E-state index contributed by atoms with van der Waals surface area (Å²) >= 11 is 9.07. The van der Waals surface area contributed by atoms with Crippen LogP contribution in [0, 0.1) is 0 Å². The molecule has 0 amide bonds. The van der Waals surface area contributed by atoms with Gasteiger partial charge in [0.25, 0.3) is 0 Å². The van der Waals surface area contributed by atoms with Crippen molar-refractivity contribution < 1.29 is 5.11 Å². The standard InChI is InChI=1S/C8H8BrClN2O/c9-6-2-12-7(10)1-5(6)8(13)3-11-4-8/h1-2,11,13H,3-4H2. The highest BCUT2D eigenvalue weighted by atomic mass is 79.9. The zero-order valence-corrected chi connectivity index (χ0v) is 9.06. The summed E-state index contributed by atoms with van der Waals surface area (Å²) in [4.78, 5) is 3.90. The third-order valence-corrected chi connectivity index (χ3v) is 3.00. The molecule has 1 aromatic rings. The molecule has 0 bridgehead atoms. The molecule has 1 aliphatic rings. The fourth-order valence-electron chi connectivity index (χ4n) is 1.32. The van der Waals surface area contributed by atoms with Gasteiger partial charge in [0.2, 0.25) is 0 Å². The van der Waals surface area contributed by atoms with Crippen molar-refractivity contribution in [3.05, 3.63) is 27.5 Å². The molecule has 1 fully saturated rings. The van der Waals surface area contributed by atoms with Crippen LogP contribution in [0.4, 0.5) is 0 Å². The van der Waals surface area contributed by atoms with E-state index in [1.54, 1.807) is 12.3 Å². The van der Waals surface area contributed by atoms with E-state index in [1.807, 2.05) is 0 Å². The van der Waals surface area contributed by atoms with Crippen LogP contribution in [0.25, 0.3) is 0 Å². The van der Waals surface area contributed by atoms with Gasteiger partial charge in [-0.2, -0.15) is 0 Å². The maximum Gasteiger partial charge on any atom is 0.129 e. The average molecular weight is 264 g/mol. The van der Waals surface area contributed by atoms with Crippen LogP contribution in [0.2, 0.25) is 5.15 Å². The summed E-state index contributed by atoms with van der Waals surface area (Å²) in [7, 11) is 0. The molecule has 70 valence electrons. The number of β-amino-alcohol motifs (C(OH)–C–C–N with tert-alkyl or cyclic N) is 1. The van der Waals surface area contributed by atoms with E-state index >= 15 is 0 Å². The van der Waals surface area contributed by atoms with Crippen LogP contribution in [-0.2, 0) is 5.60 Å². The molecule has 0 saturated carbocycles. The summed E-state index contributed by atoms with van der Waals surface area (Å²) in [6.07, 6.45) is 1.61. The minimum atomic E-state index is -0.786. The summed E-state index contributed by atoms with van der Waals surface area (Å²) < 4.78 is 0.793. The molecule has 13 heavy (non-hydrogen) atoms. The van der Waals surface area contributed by atoms with Crippen molar-refractivity contribution in [1.82, 2.24) is 10.3 Å². The highest BCUT2D eigenvalue weighted by molar-refractivity contribution is 9.10. The third kappa shape index (κ3) is 1.59. The van der Waals surface area contributed by atoms with Gasteiger partial charge in [0.05, 0.1) is 0 Å². The average Bonchev–Trinajstić information content (AvgIpc) is 2.05. The lowest BCUT2D eigenvalue weighted by Crippen LogP contribution is -2.56. The minimum Gasteiger partial charge on any atom is -0.382 e. The largest absolute Gasteiger partial charge is 0.382 e. The van der Waals surface area contributed by atoms with Crippen LogP contribution in [0.3, 0.4) is 0 Å². The molecular weight excluding hydrogens is 255 g/mol. The molecule has 0 spiro atoms. The SMILES string of the molecule is OC1(c2cc(Cl)ncc2Br)CNC1. The maximum absolute atomic E-state index is 10.0. The van der Waals surface area contributed by atoms with Gasteiger partial charge in [-0.25, -0.2) is 4.98 Å². The van der Waals surface area contributed by atoms with Gasteiger partial charge in [-0.15, -0.1) is 0 Å². The van der Waals surface area contributed by atoms with E-state index in [9.17, 15) is 5.11 Å². The summed E-state index contributed by atoms with van der Waals surface area (Å²) in [5.74, 6) is 0. The molecule has 5 heteroatoms. The van der Waals surface area contributed by atoms with E-state index in [0.29, 0.717) is 18.2 Å². The van der Waals surface area contributed by atoms with Gasteiger partial charge in [0.15, 0.2) is 0 Å². The predicted molar refractivity (Wildman–Crippen MR) is 53.7 cm³/mol. The summed E-state index contributed by atoms with van der Waals surface area (Å²) in [6.45, 7) is 1.12. The number of rotatable bonds is 1. The first-order valence-corrected chi connectivity index (χ1v) is 5.03. The highest BCUT2D eigenvalue weighted by Gasteiger charge is 2.37. The topological polar surface area (TPSA) is 45.2 Å². The lowest BCUT2D eigenvalue weighted by atomic mass is 9.89. The molecular formula is C8H8BrClN2O. The van der Waals surface area contributed by atoms with E-state index < -0.39 is 5.60 Å². The second-order valence-electron chi connectivity index (χ2n) is 3.12. The Hall–Kier alpha value is -0.160. The first kappa shape index (κ1) is 9.40. The number of nitrogens with one attached hydrogen (secondary N) is 1. The van der Waals surface area contributed by atoms with Gasteiger partial charge in [0, 0.05) is 29.3 Å². The van der Waals surface area contributed by atoms with E-state index in [1.165, 1.54) is 0 Å². The Labute approximate surface area is 89.3 Å². The predicted octanol–water partition coefficient (Wildman–Crippen LogP) is 1.29. The Morgan fingerprint density at radius 2 is 2.31 bits per heavy atom. The van der Waals surface area contributed by atoms with Crippen LogP contribution in [-0.4, -0.2) is 23.2 Å². The number of aromatic nitrogens is 1. The third-order valence-electron chi connectivity index (χ3n) is 2.16. The molecule has 1 saturated heterocycles. The minimum absolute atomic E-state index is 0.401. The molecule has 2 N–H and O–H groups in total.